The first kappa shape index (κ1) is 23.7. The summed E-state index contributed by atoms with van der Waals surface area (Å²) in [5.74, 6) is -5.40. The molecule has 3 aromatic rings. The van der Waals surface area contributed by atoms with Crippen LogP contribution in [-0.2, 0) is 29.7 Å². The van der Waals surface area contributed by atoms with Crippen LogP contribution in [0, 0.1) is 6.07 Å². The number of benzene rings is 2. The molecule has 3 nitrogen and oxygen atoms in total. The summed E-state index contributed by atoms with van der Waals surface area (Å²) in [6, 6.07) is 17.5. The van der Waals surface area contributed by atoms with Crippen molar-refractivity contribution in [1.29, 1.82) is 0 Å². The van der Waals surface area contributed by atoms with Gasteiger partial charge in [-0.2, -0.15) is 26.3 Å². The zero-order valence-electron chi connectivity index (χ0n) is 13.7. The fourth-order valence-corrected chi connectivity index (χ4v) is 2.08. The Morgan fingerprint density at radius 2 is 1.39 bits per heavy atom. The molecule has 0 amide bonds. The third-order valence-corrected chi connectivity index (χ3v) is 3.36. The molecule has 0 N–H and O–H groups in total. The van der Waals surface area contributed by atoms with E-state index in [0.29, 0.717) is 0 Å². The van der Waals surface area contributed by atoms with Gasteiger partial charge in [-0.05, 0) is 17.0 Å². The Balaban J connectivity index is 0.000000272. The number of carbonyl (C=O) groups is 2. The Labute approximate surface area is 168 Å². The summed E-state index contributed by atoms with van der Waals surface area (Å²) in [6.07, 6.45) is -11.2. The van der Waals surface area contributed by atoms with Crippen molar-refractivity contribution in [3.8, 4) is 0 Å². The summed E-state index contributed by atoms with van der Waals surface area (Å²) in [4.78, 5) is 24.1. The zero-order chi connectivity index (χ0) is 20.2. The summed E-state index contributed by atoms with van der Waals surface area (Å²) in [5.41, 5.74) is 1.03. The molecule has 0 aliphatic heterocycles. The number of alkyl halides is 6. The largest absolute Gasteiger partial charge is 0.450 e. The van der Waals surface area contributed by atoms with E-state index in [1.807, 2.05) is 24.4 Å². The minimum atomic E-state index is -5.40. The van der Waals surface area contributed by atoms with Crippen molar-refractivity contribution in [2.45, 2.75) is 18.8 Å². The average molecular weight is 578 g/mol. The minimum Gasteiger partial charge on any atom is -0.304 e. The molecule has 0 atom stereocenters. The van der Waals surface area contributed by atoms with Crippen molar-refractivity contribution in [3.63, 3.8) is 0 Å². The van der Waals surface area contributed by atoms with E-state index in [1.54, 1.807) is 0 Å². The Kier molecular flexibility index (Phi) is 7.84. The van der Waals surface area contributed by atoms with Crippen LogP contribution >= 0.6 is 0 Å². The van der Waals surface area contributed by atoms with Gasteiger partial charge in [-0.3, -0.25) is 9.59 Å². The molecule has 1 heterocycles. The number of aromatic nitrogens is 1. The van der Waals surface area contributed by atoms with Crippen molar-refractivity contribution < 1.29 is 56.0 Å². The number of carbonyl (C=O) groups excluding carboxylic acids is 2. The molecule has 0 fully saturated rings. The van der Waals surface area contributed by atoms with Crippen molar-refractivity contribution >= 4 is 33.2 Å². The minimum absolute atomic E-state index is 0. The van der Waals surface area contributed by atoms with E-state index in [9.17, 15) is 35.9 Å². The van der Waals surface area contributed by atoms with Gasteiger partial charge in [0.1, 0.15) is 0 Å². The maximum Gasteiger partial charge on any atom is 0.450 e. The second-order valence-corrected chi connectivity index (χ2v) is 5.29. The first-order valence-corrected chi connectivity index (χ1v) is 7.34. The number of hydrogen-bond donors (Lipinski definition) is 0. The second kappa shape index (κ2) is 9.25. The molecule has 3 rings (SSSR count). The summed E-state index contributed by atoms with van der Waals surface area (Å²) < 4.78 is 68.0. The summed E-state index contributed by atoms with van der Waals surface area (Å²) in [7, 11) is 0. The molecule has 0 aliphatic rings. The molecule has 0 bridgehead atoms. The van der Waals surface area contributed by atoms with E-state index in [4.69, 9.17) is 0 Å². The van der Waals surface area contributed by atoms with Gasteiger partial charge < -0.3 is 4.98 Å². The first-order chi connectivity index (χ1) is 12.5. The molecule has 0 saturated heterocycles. The molecule has 1 aromatic heterocycles. The summed E-state index contributed by atoms with van der Waals surface area (Å²) >= 11 is 0. The van der Waals surface area contributed by atoms with E-state index in [1.165, 1.54) is 10.8 Å². The van der Waals surface area contributed by atoms with E-state index in [-0.39, 0.29) is 20.1 Å². The van der Waals surface area contributed by atoms with Gasteiger partial charge in [-0.25, -0.2) is 0 Å². The predicted octanol–water partition coefficient (Wildman–Crippen LogP) is 4.82. The van der Waals surface area contributed by atoms with Crippen LogP contribution in [0.3, 0.4) is 0 Å². The molecule has 151 valence electrons. The summed E-state index contributed by atoms with van der Waals surface area (Å²) in [6.45, 7) is 0. The van der Waals surface area contributed by atoms with E-state index in [2.05, 4.69) is 35.3 Å². The van der Waals surface area contributed by atoms with Gasteiger partial charge in [0.25, 0.3) is 0 Å². The number of halogens is 6. The molecule has 0 spiro atoms. The van der Waals surface area contributed by atoms with Crippen LogP contribution < -0.4 is 0 Å². The number of nitrogens with zero attached hydrogens (tertiary/aromatic N) is 1. The predicted molar refractivity (Wildman–Crippen MR) is 84.8 cm³/mol. The van der Waals surface area contributed by atoms with Gasteiger partial charge in [0.15, 0.2) is 0 Å². The fraction of sp³-hybridized carbons (Fsp3) is 0.167. The van der Waals surface area contributed by atoms with Gasteiger partial charge >= 0.3 is 12.4 Å². The van der Waals surface area contributed by atoms with Crippen molar-refractivity contribution in [1.82, 2.24) is 4.98 Å². The Morgan fingerprint density at radius 1 is 0.857 bits per heavy atom. The monoisotopic (exact) mass is 579 g/mol. The van der Waals surface area contributed by atoms with Crippen molar-refractivity contribution in [3.05, 3.63) is 54.7 Å². The Morgan fingerprint density at radius 3 is 1.96 bits per heavy atom. The number of hydrogen-bond acceptors (Lipinski definition) is 3. The Bertz CT molecular complexity index is 906. The quantitative estimate of drug-likeness (QED) is 0.190. The molecule has 1 radical (unpaired) electrons. The number of pyridine rings is 1. The fourth-order valence-electron chi connectivity index (χ4n) is 2.08. The third-order valence-electron chi connectivity index (χ3n) is 3.36. The van der Waals surface area contributed by atoms with E-state index in [0.717, 1.165) is 10.9 Å². The topological polar surface area (TPSA) is 47.0 Å². The number of ketones is 2. The number of rotatable bonds is 2. The third kappa shape index (κ3) is 6.10. The zero-order valence-corrected chi connectivity index (χ0v) is 16.1. The smallest absolute Gasteiger partial charge is 0.304 e. The number of Topliss-reactive ketones (excluding diaryl/α,β-unsaturated/α-hetero) is 2. The van der Waals surface area contributed by atoms with Crippen molar-refractivity contribution in [2.75, 3.05) is 0 Å². The van der Waals surface area contributed by atoms with Crippen LogP contribution in [0.5, 0.6) is 0 Å². The maximum atomic E-state index is 11.3. The van der Waals surface area contributed by atoms with Gasteiger partial charge in [0.2, 0.25) is 11.6 Å². The normalized spacial score (nSPS) is 11.4. The molecule has 0 saturated carbocycles. The molecule has 2 aromatic carbocycles. The van der Waals surface area contributed by atoms with Gasteiger partial charge in [0, 0.05) is 26.3 Å². The molecule has 28 heavy (non-hydrogen) atoms. The molecule has 10 heteroatoms. The van der Waals surface area contributed by atoms with Crippen LogP contribution in [-0.4, -0.2) is 28.9 Å². The van der Waals surface area contributed by atoms with Gasteiger partial charge in [0.05, 0.1) is 6.42 Å². The molecular formula is C18H10F6IrNO2-. The second-order valence-electron chi connectivity index (χ2n) is 5.29. The van der Waals surface area contributed by atoms with Crippen LogP contribution in [0.1, 0.15) is 6.42 Å². The van der Waals surface area contributed by atoms with Crippen LogP contribution in [0.15, 0.2) is 48.7 Å². The average Bonchev–Trinajstić information content (AvgIpc) is 2.60. The Hall–Kier alpha value is -2.32. The number of fused-ring (bicyclic) bond motifs is 3. The maximum absolute atomic E-state index is 11.3. The van der Waals surface area contributed by atoms with E-state index < -0.39 is 30.3 Å². The molecule has 0 unspecified atom stereocenters. The van der Waals surface area contributed by atoms with Gasteiger partial charge in [-0.15, -0.1) is 35.0 Å². The standard InChI is InChI=1S/C13H8N.C5H2F6O2.Ir/c1-2-6-12-10(4-1)7-8-11-5-3-9-14-13(11)12;6-4(7,8)2(12)1-3(13)5(9,10)11;/h1-5,7-9H;1H2;/q-1;;. The van der Waals surface area contributed by atoms with Crippen LogP contribution in [0.4, 0.5) is 26.3 Å². The first-order valence-electron chi connectivity index (χ1n) is 7.34. The van der Waals surface area contributed by atoms with E-state index >= 15 is 0 Å². The molecule has 0 aliphatic carbocycles. The van der Waals surface area contributed by atoms with Crippen LogP contribution in [0.2, 0.25) is 0 Å². The van der Waals surface area contributed by atoms with Gasteiger partial charge in [-0.1, -0.05) is 18.2 Å². The summed E-state index contributed by atoms with van der Waals surface area (Å²) in [5, 5.41) is 3.46. The van der Waals surface area contributed by atoms with Crippen molar-refractivity contribution in [2.24, 2.45) is 0 Å². The van der Waals surface area contributed by atoms with Crippen LogP contribution in [0.25, 0.3) is 21.7 Å². The molecular weight excluding hydrogens is 568 g/mol. The SMILES string of the molecule is O=C(CC(=O)C(F)(F)F)C(F)(F)F.[Ir].[c-]1cccc2ccc3cccnc3c12.